The molecule has 0 aliphatic carbocycles. The number of imidazole rings is 1. The van der Waals surface area contributed by atoms with Gasteiger partial charge in [0, 0.05) is 31.9 Å². The number of carbonyl (C=O) groups is 3. The number of ketones is 1. The van der Waals surface area contributed by atoms with Crippen LogP contribution in [0.5, 0.6) is 5.75 Å². The molecule has 1 aromatic heterocycles. The first-order valence-corrected chi connectivity index (χ1v) is 9.19. The number of hydrogen-bond acceptors (Lipinski definition) is 5. The van der Waals surface area contributed by atoms with Crippen LogP contribution in [0.3, 0.4) is 0 Å². The lowest BCUT2D eigenvalue weighted by atomic mass is 9.84. The van der Waals surface area contributed by atoms with Gasteiger partial charge in [-0.25, -0.2) is 4.98 Å². The van der Waals surface area contributed by atoms with Gasteiger partial charge in [0.2, 0.25) is 5.91 Å². The van der Waals surface area contributed by atoms with Crippen molar-refractivity contribution < 1.29 is 24.2 Å². The molecule has 0 radical (unpaired) electrons. The van der Waals surface area contributed by atoms with Crippen LogP contribution in [-0.4, -0.2) is 56.4 Å². The number of para-hydroxylation sites is 1. The maximum atomic E-state index is 12.5. The van der Waals surface area contributed by atoms with Crippen LogP contribution in [0.2, 0.25) is 0 Å². The quantitative estimate of drug-likeness (QED) is 0.794. The van der Waals surface area contributed by atoms with E-state index in [0.717, 1.165) is 12.8 Å². The second-order valence-electron chi connectivity index (χ2n) is 6.96. The minimum Gasteiger partial charge on any atom is -0.486 e. The van der Waals surface area contributed by atoms with E-state index in [1.54, 1.807) is 23.3 Å². The number of ether oxygens (including phenoxy) is 1. The first-order valence-electron chi connectivity index (χ1n) is 9.19. The monoisotopic (exact) mass is 385 g/mol. The third-order valence-corrected chi connectivity index (χ3v) is 5.12. The highest BCUT2D eigenvalue weighted by molar-refractivity contribution is 6.00. The number of carboxylic acid groups (broad SMARTS) is 1. The Kier molecular flexibility index (Phi) is 6.08. The van der Waals surface area contributed by atoms with E-state index in [1.165, 1.54) is 0 Å². The molecule has 28 heavy (non-hydrogen) atoms. The van der Waals surface area contributed by atoms with Crippen molar-refractivity contribution in [2.24, 2.45) is 0 Å². The molecule has 3 heterocycles. The van der Waals surface area contributed by atoms with Crippen molar-refractivity contribution in [3.05, 3.63) is 48.5 Å². The Hall–Kier alpha value is -3.16. The van der Waals surface area contributed by atoms with E-state index >= 15 is 0 Å². The molecule has 1 N–H and O–H groups in total. The van der Waals surface area contributed by atoms with Crippen molar-refractivity contribution in [3.63, 3.8) is 0 Å². The predicted molar refractivity (Wildman–Crippen MR) is 100 cm³/mol. The first kappa shape index (κ1) is 19.6. The lowest BCUT2D eigenvalue weighted by molar-refractivity contribution is -0.132. The number of rotatable bonds is 2. The maximum absolute atomic E-state index is 12.5. The van der Waals surface area contributed by atoms with Crippen LogP contribution in [-0.2, 0) is 16.1 Å². The van der Waals surface area contributed by atoms with E-state index in [1.807, 2.05) is 29.2 Å². The highest BCUT2D eigenvalue weighted by atomic mass is 16.5. The summed E-state index contributed by atoms with van der Waals surface area (Å²) in [7, 11) is 0. The van der Waals surface area contributed by atoms with Gasteiger partial charge in [-0.3, -0.25) is 14.4 Å². The van der Waals surface area contributed by atoms with Gasteiger partial charge in [-0.2, -0.15) is 0 Å². The molecule has 2 aliphatic rings. The Labute approximate surface area is 162 Å². The van der Waals surface area contributed by atoms with Crippen LogP contribution in [0.15, 0.2) is 43.0 Å². The second-order valence-corrected chi connectivity index (χ2v) is 6.96. The summed E-state index contributed by atoms with van der Waals surface area (Å²) in [6.07, 6.45) is 7.82. The number of nitrogens with zero attached hydrogens (tertiary/aromatic N) is 3. The van der Waals surface area contributed by atoms with E-state index in [0.29, 0.717) is 43.8 Å². The van der Waals surface area contributed by atoms with Crippen LogP contribution >= 0.6 is 0 Å². The number of aromatic nitrogens is 2. The van der Waals surface area contributed by atoms with Crippen molar-refractivity contribution in [3.8, 4) is 5.75 Å². The van der Waals surface area contributed by atoms with Gasteiger partial charge in [0.1, 0.15) is 17.9 Å². The van der Waals surface area contributed by atoms with Gasteiger partial charge in [0.05, 0.1) is 18.3 Å². The molecule has 0 bridgehead atoms. The molecule has 1 amide bonds. The highest BCUT2D eigenvalue weighted by Crippen LogP contribution is 2.39. The standard InChI is InChI=1S/C19H21N3O3.CH2O2/c23-16-12-19(25-17-5-2-1-4-15(16)17)6-3-9-22(10-7-19)18(24)13-21-11-8-20-14-21;2-1-3/h1-2,4-5,8,11,14H,3,6-7,9-10,12-13H2;1H,(H,2,3). The molecule has 0 saturated carbocycles. The molecule has 2 aromatic rings. The zero-order chi connectivity index (χ0) is 20.0. The Balaban J connectivity index is 0.000000706. The molecule has 2 aliphatic heterocycles. The van der Waals surface area contributed by atoms with Gasteiger partial charge in [-0.1, -0.05) is 12.1 Å². The van der Waals surface area contributed by atoms with E-state index < -0.39 is 5.60 Å². The summed E-state index contributed by atoms with van der Waals surface area (Å²) >= 11 is 0. The van der Waals surface area contributed by atoms with Crippen molar-refractivity contribution in [1.29, 1.82) is 0 Å². The van der Waals surface area contributed by atoms with Gasteiger partial charge < -0.3 is 19.3 Å². The Morgan fingerprint density at radius 2 is 2.07 bits per heavy atom. The summed E-state index contributed by atoms with van der Waals surface area (Å²) in [5, 5.41) is 6.89. The molecule has 1 atom stereocenters. The molecule has 1 spiro atoms. The second kappa shape index (κ2) is 8.69. The van der Waals surface area contributed by atoms with Gasteiger partial charge in [-0.15, -0.1) is 0 Å². The van der Waals surface area contributed by atoms with Gasteiger partial charge >= 0.3 is 0 Å². The van der Waals surface area contributed by atoms with Crippen LogP contribution in [0, 0.1) is 0 Å². The maximum Gasteiger partial charge on any atom is 0.290 e. The zero-order valence-corrected chi connectivity index (χ0v) is 15.5. The Morgan fingerprint density at radius 3 is 2.82 bits per heavy atom. The molecular weight excluding hydrogens is 362 g/mol. The summed E-state index contributed by atoms with van der Waals surface area (Å²) in [4.78, 5) is 39.3. The summed E-state index contributed by atoms with van der Waals surface area (Å²) in [5.41, 5.74) is 0.195. The minimum atomic E-state index is -0.477. The van der Waals surface area contributed by atoms with E-state index in [4.69, 9.17) is 14.6 Å². The minimum absolute atomic E-state index is 0.0811. The Morgan fingerprint density at radius 1 is 1.29 bits per heavy atom. The lowest BCUT2D eigenvalue weighted by Gasteiger charge is -2.37. The average molecular weight is 385 g/mol. The zero-order valence-electron chi connectivity index (χ0n) is 15.5. The van der Waals surface area contributed by atoms with Crippen LogP contribution in [0.1, 0.15) is 36.0 Å². The smallest absolute Gasteiger partial charge is 0.290 e. The van der Waals surface area contributed by atoms with Crippen LogP contribution < -0.4 is 4.74 Å². The highest BCUT2D eigenvalue weighted by Gasteiger charge is 2.41. The van der Waals surface area contributed by atoms with Crippen molar-refractivity contribution in [2.75, 3.05) is 13.1 Å². The number of fused-ring (bicyclic) bond motifs is 1. The number of carbonyl (C=O) groups excluding carboxylic acids is 2. The number of hydrogen-bond donors (Lipinski definition) is 1. The largest absolute Gasteiger partial charge is 0.486 e. The molecule has 1 fully saturated rings. The fourth-order valence-corrected chi connectivity index (χ4v) is 3.78. The molecule has 1 unspecified atom stereocenters. The van der Waals surface area contributed by atoms with Crippen molar-refractivity contribution in [2.45, 2.75) is 37.8 Å². The molecule has 4 rings (SSSR count). The van der Waals surface area contributed by atoms with Crippen LogP contribution in [0.25, 0.3) is 0 Å². The van der Waals surface area contributed by atoms with Crippen molar-refractivity contribution >= 4 is 18.2 Å². The predicted octanol–water partition coefficient (Wildman–Crippen LogP) is 2.00. The van der Waals surface area contributed by atoms with Crippen molar-refractivity contribution in [1.82, 2.24) is 14.5 Å². The van der Waals surface area contributed by atoms with Gasteiger partial charge in [0.15, 0.2) is 5.78 Å². The van der Waals surface area contributed by atoms with Gasteiger partial charge in [-0.05, 0) is 25.0 Å². The topological polar surface area (TPSA) is 102 Å². The molecular formula is C20H23N3O5. The number of likely N-dealkylation sites (tertiary alicyclic amines) is 1. The fraction of sp³-hybridized carbons (Fsp3) is 0.400. The Bertz CT molecular complexity index is 836. The third-order valence-electron chi connectivity index (χ3n) is 5.12. The van der Waals surface area contributed by atoms with Crippen LogP contribution in [0.4, 0.5) is 0 Å². The molecule has 8 nitrogen and oxygen atoms in total. The number of Topliss-reactive ketones (excluding diaryl/α,β-unsaturated/α-hetero) is 1. The summed E-state index contributed by atoms with van der Waals surface area (Å²) in [5.74, 6) is 0.898. The third kappa shape index (κ3) is 4.39. The van der Waals surface area contributed by atoms with E-state index in [2.05, 4.69) is 4.98 Å². The first-order chi connectivity index (χ1) is 13.6. The normalized spacial score (nSPS) is 21.0. The molecule has 148 valence electrons. The van der Waals surface area contributed by atoms with E-state index in [9.17, 15) is 9.59 Å². The number of amides is 1. The van der Waals surface area contributed by atoms with E-state index in [-0.39, 0.29) is 18.2 Å². The molecule has 1 aromatic carbocycles. The molecule has 8 heteroatoms. The average Bonchev–Trinajstić information content (AvgIpc) is 3.10. The fourth-order valence-electron chi connectivity index (χ4n) is 3.78. The summed E-state index contributed by atoms with van der Waals surface area (Å²) in [6, 6.07) is 7.44. The number of benzene rings is 1. The summed E-state index contributed by atoms with van der Waals surface area (Å²) in [6.45, 7) is 1.37. The summed E-state index contributed by atoms with van der Waals surface area (Å²) < 4.78 is 8.05. The SMILES string of the molecule is O=C1CC2(CCCN(C(=O)Cn3ccnc3)CC2)Oc2ccccc21.O=CO. The molecule has 1 saturated heterocycles. The lowest BCUT2D eigenvalue weighted by Crippen LogP contribution is -2.43. The van der Waals surface area contributed by atoms with Gasteiger partial charge in [0.25, 0.3) is 6.47 Å².